The Morgan fingerprint density at radius 3 is 2.09 bits per heavy atom. The minimum Gasteiger partial charge on any atom is -0.347 e. The Hall–Kier alpha value is -2.04. The number of hydrogen-bond donors (Lipinski definition) is 3. The van der Waals surface area contributed by atoms with Crippen molar-refractivity contribution in [3.8, 4) is 0 Å². The molecule has 0 heterocycles. The maximum Gasteiger partial charge on any atom is 0.319 e. The molecule has 0 saturated carbocycles. The van der Waals surface area contributed by atoms with Crippen molar-refractivity contribution in [2.45, 2.75) is 65.5 Å². The van der Waals surface area contributed by atoms with Crippen LogP contribution in [0, 0.1) is 0 Å². The van der Waals surface area contributed by atoms with Crippen molar-refractivity contribution >= 4 is 17.6 Å². The average Bonchev–Trinajstić information content (AvgIpc) is 2.52. The lowest BCUT2D eigenvalue weighted by Crippen LogP contribution is -2.42. The van der Waals surface area contributed by atoms with E-state index in [0.29, 0.717) is 11.3 Å². The Balaban J connectivity index is 2.63. The van der Waals surface area contributed by atoms with Gasteiger partial charge in [0.15, 0.2) is 0 Å². The van der Waals surface area contributed by atoms with Gasteiger partial charge >= 0.3 is 6.03 Å². The number of carbonyl (C=O) groups is 2. The molecule has 0 aliphatic rings. The first-order chi connectivity index (χ1) is 10.8. The van der Waals surface area contributed by atoms with Gasteiger partial charge in [0.1, 0.15) is 0 Å². The predicted octanol–water partition coefficient (Wildman–Crippen LogP) is 3.92. The van der Waals surface area contributed by atoms with E-state index in [9.17, 15) is 9.59 Å². The summed E-state index contributed by atoms with van der Waals surface area (Å²) in [5.74, 6) is -0.107. The fraction of sp³-hybridized carbons (Fsp3) is 0.556. The molecule has 3 amide bonds. The van der Waals surface area contributed by atoms with Gasteiger partial charge in [0.25, 0.3) is 5.91 Å². The number of rotatable bonds is 7. The third-order valence-electron chi connectivity index (χ3n) is 4.06. The number of amides is 3. The highest BCUT2D eigenvalue weighted by molar-refractivity contribution is 5.96. The van der Waals surface area contributed by atoms with Crippen LogP contribution < -0.4 is 16.0 Å². The first-order valence-electron chi connectivity index (χ1n) is 8.31. The molecule has 0 atom stereocenters. The Kier molecular flexibility index (Phi) is 7.07. The molecule has 1 aromatic rings. The van der Waals surface area contributed by atoms with Gasteiger partial charge in [-0.2, -0.15) is 0 Å². The molecule has 0 radical (unpaired) electrons. The van der Waals surface area contributed by atoms with Crippen molar-refractivity contribution in [3.63, 3.8) is 0 Å². The number of nitrogens with one attached hydrogen (secondary N) is 3. The summed E-state index contributed by atoms with van der Waals surface area (Å²) in [5, 5.41) is 8.68. The van der Waals surface area contributed by atoms with Gasteiger partial charge in [-0.3, -0.25) is 4.79 Å². The molecular weight excluding hydrogens is 290 g/mol. The summed E-state index contributed by atoms with van der Waals surface area (Å²) in [7, 11) is 0. The van der Waals surface area contributed by atoms with Gasteiger partial charge in [0.05, 0.1) is 0 Å². The molecular formula is C18H29N3O2. The Labute approximate surface area is 139 Å². The van der Waals surface area contributed by atoms with Crippen LogP contribution in [0.15, 0.2) is 24.3 Å². The molecule has 3 N–H and O–H groups in total. The van der Waals surface area contributed by atoms with Crippen LogP contribution in [0.1, 0.15) is 64.2 Å². The van der Waals surface area contributed by atoms with E-state index in [-0.39, 0.29) is 23.5 Å². The molecule has 0 spiro atoms. The van der Waals surface area contributed by atoms with Gasteiger partial charge in [-0.1, -0.05) is 20.8 Å². The zero-order valence-corrected chi connectivity index (χ0v) is 14.8. The van der Waals surface area contributed by atoms with E-state index in [1.54, 1.807) is 24.3 Å². The van der Waals surface area contributed by atoms with E-state index in [0.717, 1.165) is 19.3 Å². The SMILES string of the molecule is CCC(CC)NC(=O)Nc1ccc(C(=O)NC(C)(C)CC)cc1. The van der Waals surface area contributed by atoms with Crippen LogP contribution >= 0.6 is 0 Å². The first kappa shape index (κ1) is 19.0. The zero-order valence-electron chi connectivity index (χ0n) is 14.8. The molecule has 0 aliphatic carbocycles. The first-order valence-corrected chi connectivity index (χ1v) is 8.31. The summed E-state index contributed by atoms with van der Waals surface area (Å²) in [6.45, 7) is 10.1. The molecule has 1 rings (SSSR count). The van der Waals surface area contributed by atoms with Gasteiger partial charge in [-0.15, -0.1) is 0 Å². The molecule has 1 aromatic carbocycles. The molecule has 0 unspecified atom stereocenters. The summed E-state index contributed by atoms with van der Waals surface area (Å²) >= 11 is 0. The zero-order chi connectivity index (χ0) is 17.5. The largest absolute Gasteiger partial charge is 0.347 e. The highest BCUT2D eigenvalue weighted by Gasteiger charge is 2.18. The quantitative estimate of drug-likeness (QED) is 0.713. The highest BCUT2D eigenvalue weighted by Crippen LogP contribution is 2.13. The lowest BCUT2D eigenvalue weighted by molar-refractivity contribution is 0.0911. The second-order valence-electron chi connectivity index (χ2n) is 6.38. The molecule has 5 heteroatoms. The normalized spacial score (nSPS) is 11.2. The van der Waals surface area contributed by atoms with Crippen molar-refractivity contribution in [2.75, 3.05) is 5.32 Å². The fourth-order valence-electron chi connectivity index (χ4n) is 2.02. The summed E-state index contributed by atoms with van der Waals surface area (Å²) in [6.07, 6.45) is 2.65. The summed E-state index contributed by atoms with van der Waals surface area (Å²) in [4.78, 5) is 24.0. The molecule has 128 valence electrons. The summed E-state index contributed by atoms with van der Waals surface area (Å²) in [6, 6.07) is 6.86. The molecule has 23 heavy (non-hydrogen) atoms. The maximum absolute atomic E-state index is 12.2. The van der Waals surface area contributed by atoms with Crippen LogP contribution in [-0.4, -0.2) is 23.5 Å². The van der Waals surface area contributed by atoms with Crippen molar-refractivity contribution in [1.29, 1.82) is 0 Å². The number of urea groups is 1. The van der Waals surface area contributed by atoms with Gasteiger partial charge in [-0.25, -0.2) is 4.79 Å². The van der Waals surface area contributed by atoms with Crippen LogP contribution in [0.2, 0.25) is 0 Å². The standard InChI is InChI=1S/C18H29N3O2/c1-6-14(7-2)19-17(23)20-15-11-9-13(10-12-15)16(22)21-18(4,5)8-3/h9-12,14H,6-8H2,1-5H3,(H,21,22)(H2,19,20,23). The molecule has 0 aromatic heterocycles. The average molecular weight is 319 g/mol. The van der Waals surface area contributed by atoms with Gasteiger partial charge in [0.2, 0.25) is 0 Å². The molecule has 0 aliphatic heterocycles. The van der Waals surface area contributed by atoms with E-state index in [2.05, 4.69) is 16.0 Å². The minimum atomic E-state index is -0.233. The van der Waals surface area contributed by atoms with E-state index in [4.69, 9.17) is 0 Å². The number of anilines is 1. The van der Waals surface area contributed by atoms with Crippen LogP contribution in [0.4, 0.5) is 10.5 Å². The summed E-state index contributed by atoms with van der Waals surface area (Å²) in [5.41, 5.74) is 1.01. The van der Waals surface area contributed by atoms with Crippen LogP contribution in [0.25, 0.3) is 0 Å². The number of hydrogen-bond acceptors (Lipinski definition) is 2. The van der Waals surface area contributed by atoms with Crippen molar-refractivity contribution in [1.82, 2.24) is 10.6 Å². The predicted molar refractivity (Wildman–Crippen MR) is 94.8 cm³/mol. The number of carbonyl (C=O) groups excluding carboxylic acids is 2. The lowest BCUT2D eigenvalue weighted by Gasteiger charge is -2.24. The fourth-order valence-corrected chi connectivity index (χ4v) is 2.02. The van der Waals surface area contributed by atoms with Crippen LogP contribution in [-0.2, 0) is 0 Å². The lowest BCUT2D eigenvalue weighted by atomic mass is 10.0. The maximum atomic E-state index is 12.2. The smallest absolute Gasteiger partial charge is 0.319 e. The third kappa shape index (κ3) is 6.30. The van der Waals surface area contributed by atoms with E-state index in [1.807, 2.05) is 34.6 Å². The van der Waals surface area contributed by atoms with Crippen molar-refractivity contribution < 1.29 is 9.59 Å². The highest BCUT2D eigenvalue weighted by atomic mass is 16.2. The topological polar surface area (TPSA) is 70.2 Å². The van der Waals surface area contributed by atoms with E-state index < -0.39 is 0 Å². The Morgan fingerprint density at radius 1 is 1.04 bits per heavy atom. The number of benzene rings is 1. The molecule has 0 fully saturated rings. The molecule has 0 bridgehead atoms. The van der Waals surface area contributed by atoms with E-state index >= 15 is 0 Å². The second kappa shape index (κ2) is 8.56. The molecule has 0 saturated heterocycles. The van der Waals surface area contributed by atoms with Gasteiger partial charge in [-0.05, 0) is 57.4 Å². The Morgan fingerprint density at radius 2 is 1.61 bits per heavy atom. The molecule has 5 nitrogen and oxygen atoms in total. The van der Waals surface area contributed by atoms with Gasteiger partial charge in [0, 0.05) is 22.8 Å². The van der Waals surface area contributed by atoms with Crippen LogP contribution in [0.5, 0.6) is 0 Å². The second-order valence-corrected chi connectivity index (χ2v) is 6.38. The van der Waals surface area contributed by atoms with Crippen LogP contribution in [0.3, 0.4) is 0 Å². The minimum absolute atomic E-state index is 0.107. The Bertz CT molecular complexity index is 520. The summed E-state index contributed by atoms with van der Waals surface area (Å²) < 4.78 is 0. The third-order valence-corrected chi connectivity index (χ3v) is 4.06. The van der Waals surface area contributed by atoms with Crippen molar-refractivity contribution in [2.24, 2.45) is 0 Å². The van der Waals surface area contributed by atoms with E-state index in [1.165, 1.54) is 0 Å². The van der Waals surface area contributed by atoms with Crippen molar-refractivity contribution in [3.05, 3.63) is 29.8 Å². The monoisotopic (exact) mass is 319 g/mol. The van der Waals surface area contributed by atoms with Gasteiger partial charge < -0.3 is 16.0 Å².